The number of nitrogens with zero attached hydrogens (tertiary/aromatic N) is 3. The summed E-state index contributed by atoms with van der Waals surface area (Å²) in [7, 11) is 0. The number of rotatable bonds is 2. The van der Waals surface area contributed by atoms with E-state index < -0.39 is 0 Å². The molecular formula is C22H17N5. The molecule has 0 bridgehead atoms. The van der Waals surface area contributed by atoms with Crippen LogP contribution in [0, 0.1) is 0 Å². The molecule has 0 saturated carbocycles. The third kappa shape index (κ3) is 2.22. The number of nitrogens with one attached hydrogen (secondary N) is 2. The summed E-state index contributed by atoms with van der Waals surface area (Å²) in [5.74, 6) is 0. The minimum atomic E-state index is 0.909. The number of hydrogen-bond donors (Lipinski definition) is 2. The van der Waals surface area contributed by atoms with E-state index in [0.717, 1.165) is 40.8 Å². The van der Waals surface area contributed by atoms with Crippen molar-refractivity contribution in [2.24, 2.45) is 0 Å². The number of H-pyrrole nitrogens is 1. The third-order valence-electron chi connectivity index (χ3n) is 5.42. The van der Waals surface area contributed by atoms with Crippen LogP contribution in [0.4, 0.5) is 0 Å². The molecule has 0 unspecified atom stereocenters. The second-order valence-corrected chi connectivity index (χ2v) is 6.97. The largest absolute Gasteiger partial charge is 0.346 e. The van der Waals surface area contributed by atoms with E-state index in [2.05, 4.69) is 73.4 Å². The van der Waals surface area contributed by atoms with Crippen molar-refractivity contribution in [2.45, 2.75) is 13.1 Å². The van der Waals surface area contributed by atoms with Crippen LogP contribution in [0.2, 0.25) is 0 Å². The van der Waals surface area contributed by atoms with Crippen molar-refractivity contribution in [2.75, 3.05) is 0 Å². The van der Waals surface area contributed by atoms with E-state index in [1.165, 1.54) is 22.3 Å². The average Bonchev–Trinajstić information content (AvgIpc) is 3.44. The highest BCUT2D eigenvalue weighted by Gasteiger charge is 2.13. The standard InChI is InChI=1S/C22H17N5/c1-3-17(9-16-12-23-11-15(1)16)27-13-26-20-4-2-14(10-21(20)27)18-5-7-24-22-19(18)6-8-25-22/h1-10,13,23H,11-12H2,(H,24,25). The number of imidazole rings is 1. The van der Waals surface area contributed by atoms with Gasteiger partial charge in [-0.3, -0.25) is 4.57 Å². The van der Waals surface area contributed by atoms with Gasteiger partial charge in [0, 0.05) is 36.6 Å². The highest BCUT2D eigenvalue weighted by molar-refractivity contribution is 5.95. The second kappa shape index (κ2) is 5.53. The maximum absolute atomic E-state index is 4.60. The molecule has 2 N–H and O–H groups in total. The maximum atomic E-state index is 4.60. The Morgan fingerprint density at radius 2 is 1.85 bits per heavy atom. The zero-order valence-electron chi connectivity index (χ0n) is 14.6. The van der Waals surface area contributed by atoms with Crippen LogP contribution in [0.3, 0.4) is 0 Å². The minimum Gasteiger partial charge on any atom is -0.346 e. The van der Waals surface area contributed by atoms with Crippen molar-refractivity contribution in [3.8, 4) is 16.8 Å². The molecule has 0 saturated heterocycles. The Bertz CT molecular complexity index is 1310. The van der Waals surface area contributed by atoms with E-state index in [1.807, 2.05) is 18.7 Å². The molecule has 0 fully saturated rings. The maximum Gasteiger partial charge on any atom is 0.137 e. The number of pyridine rings is 1. The first-order chi connectivity index (χ1) is 13.4. The fourth-order valence-electron chi connectivity index (χ4n) is 4.02. The van der Waals surface area contributed by atoms with Gasteiger partial charge < -0.3 is 10.3 Å². The molecule has 0 atom stereocenters. The Kier molecular flexibility index (Phi) is 3.01. The summed E-state index contributed by atoms with van der Waals surface area (Å²) in [5, 5.41) is 4.54. The van der Waals surface area contributed by atoms with Crippen molar-refractivity contribution < 1.29 is 0 Å². The summed E-state index contributed by atoms with van der Waals surface area (Å²) in [6, 6.07) is 17.2. The monoisotopic (exact) mass is 351 g/mol. The van der Waals surface area contributed by atoms with Crippen LogP contribution < -0.4 is 5.32 Å². The Morgan fingerprint density at radius 1 is 0.889 bits per heavy atom. The van der Waals surface area contributed by atoms with Gasteiger partial charge in [-0.2, -0.15) is 0 Å². The molecule has 27 heavy (non-hydrogen) atoms. The van der Waals surface area contributed by atoms with Gasteiger partial charge in [0.2, 0.25) is 0 Å². The van der Waals surface area contributed by atoms with Crippen LogP contribution in [0.1, 0.15) is 11.1 Å². The molecule has 1 aliphatic heterocycles. The molecule has 5 aromatic rings. The van der Waals surface area contributed by atoms with E-state index in [4.69, 9.17) is 0 Å². The summed E-state index contributed by atoms with van der Waals surface area (Å²) in [6.45, 7) is 1.89. The van der Waals surface area contributed by atoms with Gasteiger partial charge in [-0.25, -0.2) is 9.97 Å². The van der Waals surface area contributed by atoms with Gasteiger partial charge >= 0.3 is 0 Å². The molecule has 0 aliphatic carbocycles. The first-order valence-electron chi connectivity index (χ1n) is 9.09. The van der Waals surface area contributed by atoms with Gasteiger partial charge in [-0.15, -0.1) is 0 Å². The lowest BCUT2D eigenvalue weighted by atomic mass is 10.0. The molecule has 5 nitrogen and oxygen atoms in total. The molecule has 130 valence electrons. The molecule has 0 amide bonds. The van der Waals surface area contributed by atoms with Crippen molar-refractivity contribution in [1.82, 2.24) is 24.8 Å². The molecule has 2 aromatic carbocycles. The average molecular weight is 351 g/mol. The van der Waals surface area contributed by atoms with E-state index in [0.29, 0.717) is 0 Å². The zero-order chi connectivity index (χ0) is 17.8. The summed E-state index contributed by atoms with van der Waals surface area (Å²) < 4.78 is 2.17. The fraction of sp³-hybridized carbons (Fsp3) is 0.0909. The number of benzene rings is 2. The van der Waals surface area contributed by atoms with Gasteiger partial charge in [0.05, 0.1) is 11.0 Å². The first-order valence-corrected chi connectivity index (χ1v) is 9.09. The fourth-order valence-corrected chi connectivity index (χ4v) is 4.02. The summed E-state index contributed by atoms with van der Waals surface area (Å²) in [6.07, 6.45) is 5.70. The lowest BCUT2D eigenvalue weighted by molar-refractivity contribution is 0.764. The van der Waals surface area contributed by atoms with Crippen LogP contribution in [0.15, 0.2) is 67.3 Å². The van der Waals surface area contributed by atoms with Gasteiger partial charge in [0.25, 0.3) is 0 Å². The first kappa shape index (κ1) is 14.7. The highest BCUT2D eigenvalue weighted by Crippen LogP contribution is 2.30. The number of aromatic amines is 1. The topological polar surface area (TPSA) is 58.5 Å². The predicted octanol–water partition coefficient (Wildman–Crippen LogP) is 4.17. The molecule has 5 heteroatoms. The normalized spacial score (nSPS) is 13.5. The third-order valence-corrected chi connectivity index (χ3v) is 5.42. The van der Waals surface area contributed by atoms with Gasteiger partial charge in [-0.05, 0) is 58.7 Å². The molecule has 6 rings (SSSR count). The SMILES string of the molecule is c1cc(-c2ccc3ncn(-c4ccc5c(c4)CNC5)c3c2)c2cc[nH]c2n1. The Hall–Kier alpha value is -3.44. The molecule has 4 heterocycles. The van der Waals surface area contributed by atoms with Crippen LogP contribution >= 0.6 is 0 Å². The molecule has 0 spiro atoms. The minimum absolute atomic E-state index is 0.909. The Labute approximate surface area is 155 Å². The second-order valence-electron chi connectivity index (χ2n) is 6.97. The van der Waals surface area contributed by atoms with Crippen molar-refractivity contribution in [3.05, 3.63) is 78.4 Å². The summed E-state index contributed by atoms with van der Waals surface area (Å²) in [5.41, 5.74) is 9.26. The van der Waals surface area contributed by atoms with Crippen molar-refractivity contribution in [3.63, 3.8) is 0 Å². The van der Waals surface area contributed by atoms with E-state index in [9.17, 15) is 0 Å². The number of fused-ring (bicyclic) bond motifs is 3. The van der Waals surface area contributed by atoms with E-state index >= 15 is 0 Å². The number of aromatic nitrogens is 4. The van der Waals surface area contributed by atoms with Gasteiger partial charge in [-0.1, -0.05) is 12.1 Å². The quantitative estimate of drug-likeness (QED) is 0.502. The van der Waals surface area contributed by atoms with Crippen LogP contribution in [-0.2, 0) is 13.1 Å². The lowest BCUT2D eigenvalue weighted by Gasteiger charge is -2.09. The summed E-state index contributed by atoms with van der Waals surface area (Å²) >= 11 is 0. The Balaban J connectivity index is 1.54. The van der Waals surface area contributed by atoms with Gasteiger partial charge in [0.1, 0.15) is 12.0 Å². The number of hydrogen-bond acceptors (Lipinski definition) is 3. The highest BCUT2D eigenvalue weighted by atomic mass is 15.0. The van der Waals surface area contributed by atoms with Crippen molar-refractivity contribution in [1.29, 1.82) is 0 Å². The molecular weight excluding hydrogens is 334 g/mol. The van der Waals surface area contributed by atoms with Crippen LogP contribution in [0.5, 0.6) is 0 Å². The summed E-state index contributed by atoms with van der Waals surface area (Å²) in [4.78, 5) is 12.2. The lowest BCUT2D eigenvalue weighted by Crippen LogP contribution is -2.00. The Morgan fingerprint density at radius 3 is 2.85 bits per heavy atom. The molecule has 1 aliphatic rings. The van der Waals surface area contributed by atoms with Crippen molar-refractivity contribution >= 4 is 22.1 Å². The smallest absolute Gasteiger partial charge is 0.137 e. The van der Waals surface area contributed by atoms with E-state index in [-0.39, 0.29) is 0 Å². The zero-order valence-corrected chi connectivity index (χ0v) is 14.6. The predicted molar refractivity (Wildman–Crippen MR) is 107 cm³/mol. The van der Waals surface area contributed by atoms with Gasteiger partial charge in [0.15, 0.2) is 0 Å². The molecule has 3 aromatic heterocycles. The molecule has 0 radical (unpaired) electrons. The van der Waals surface area contributed by atoms with E-state index in [1.54, 1.807) is 0 Å². The van der Waals surface area contributed by atoms with Crippen LogP contribution in [-0.4, -0.2) is 19.5 Å². The van der Waals surface area contributed by atoms with Crippen LogP contribution in [0.25, 0.3) is 38.9 Å².